The van der Waals surface area contributed by atoms with Gasteiger partial charge in [-0.2, -0.15) is 0 Å². The van der Waals surface area contributed by atoms with Gasteiger partial charge in [0.05, 0.1) is 0 Å². The number of carbonyl (C=O) groups is 1. The summed E-state index contributed by atoms with van der Waals surface area (Å²) in [5.74, 6) is -0.0320. The molecule has 0 saturated carbocycles. The van der Waals surface area contributed by atoms with Gasteiger partial charge in [-0.3, -0.25) is 0 Å². The number of carbonyl (C=O) groups excluding carboxylic acids is 1. The van der Waals surface area contributed by atoms with Crippen LogP contribution in [0.2, 0.25) is 13.3 Å². The Labute approximate surface area is 165 Å². The van der Waals surface area contributed by atoms with Gasteiger partial charge in [0.15, 0.2) is 0 Å². The van der Waals surface area contributed by atoms with E-state index in [1.807, 2.05) is 13.0 Å². The second-order valence-corrected chi connectivity index (χ2v) is 20.4. The fraction of sp³-hybridized carbons (Fsp3) is 0.609. The molecule has 0 heterocycles. The molecule has 0 bridgehead atoms. The number of unbranched alkanes of at least 4 members (excludes halogenated alkanes) is 3. The van der Waals surface area contributed by atoms with E-state index in [1.165, 1.54) is 51.8 Å². The number of esters is 1. The van der Waals surface area contributed by atoms with Crippen molar-refractivity contribution < 1.29 is 9.53 Å². The topological polar surface area (TPSA) is 26.3 Å². The van der Waals surface area contributed by atoms with E-state index >= 15 is 0 Å². The zero-order valence-electron chi connectivity index (χ0n) is 17.4. The van der Waals surface area contributed by atoms with Gasteiger partial charge in [-0.1, -0.05) is 0 Å². The van der Waals surface area contributed by atoms with Crippen LogP contribution >= 0.6 is 0 Å². The third-order valence-electron chi connectivity index (χ3n) is 5.20. The van der Waals surface area contributed by atoms with Crippen molar-refractivity contribution >= 4 is 30.4 Å². The minimum atomic E-state index is -2.82. The first kappa shape index (κ1) is 23.3. The molecule has 0 radical (unpaired) electrons. The third-order valence-corrected chi connectivity index (χ3v) is 20.7. The van der Waals surface area contributed by atoms with Crippen molar-refractivity contribution in [3.63, 3.8) is 0 Å². The number of hydrogen-bond donors (Lipinski definition) is 0. The van der Waals surface area contributed by atoms with E-state index in [0.717, 1.165) is 9.15 Å². The predicted octanol–water partition coefficient (Wildman–Crippen LogP) is 7.02. The second-order valence-electron chi connectivity index (χ2n) is 7.28. The summed E-state index contributed by atoms with van der Waals surface area (Å²) in [5.41, 5.74) is 1.14. The summed E-state index contributed by atoms with van der Waals surface area (Å²) in [6, 6.07) is 10.3. The van der Waals surface area contributed by atoms with E-state index in [9.17, 15) is 4.79 Å². The van der Waals surface area contributed by atoms with Crippen LogP contribution in [-0.2, 0) is 9.53 Å². The van der Waals surface area contributed by atoms with E-state index in [0.29, 0.717) is 6.61 Å². The Morgan fingerprint density at radius 3 is 1.81 bits per heavy atom. The van der Waals surface area contributed by atoms with Gasteiger partial charge in [0.25, 0.3) is 0 Å². The van der Waals surface area contributed by atoms with E-state index in [1.54, 1.807) is 0 Å². The van der Waals surface area contributed by atoms with Gasteiger partial charge in [0.2, 0.25) is 0 Å². The van der Waals surface area contributed by atoms with Gasteiger partial charge in [-0.05, 0) is 0 Å². The summed E-state index contributed by atoms with van der Waals surface area (Å²) in [7, 11) is 0. The predicted molar refractivity (Wildman–Crippen MR) is 116 cm³/mol. The molecule has 0 fully saturated rings. The first-order chi connectivity index (χ1) is 12.6. The minimum absolute atomic E-state index is 0.0320. The van der Waals surface area contributed by atoms with Crippen LogP contribution < -0.4 is 0 Å². The van der Waals surface area contributed by atoms with Crippen LogP contribution in [-0.4, -0.2) is 31.0 Å². The van der Waals surface area contributed by atoms with E-state index in [2.05, 4.69) is 51.1 Å². The zero-order valence-corrected chi connectivity index (χ0v) is 20.2. The van der Waals surface area contributed by atoms with Crippen LogP contribution in [0.1, 0.15) is 71.8 Å². The molecule has 0 amide bonds. The van der Waals surface area contributed by atoms with Crippen LogP contribution in [0.15, 0.2) is 33.9 Å². The summed E-state index contributed by atoms with van der Waals surface area (Å²) < 4.78 is 10.5. The Kier molecular flexibility index (Phi) is 12.0. The maximum absolute atomic E-state index is 13.0. The standard InChI is InChI=1S/C11H11O2.3C4H9.Sn/c1-2-13-11(12)9-8-10-6-4-3-5-7-10;3*1-3-4-2;/h3-8H,2H2,1H3;3*1,3-4H2,2H3;. The molecule has 26 heavy (non-hydrogen) atoms. The zero-order chi connectivity index (χ0) is 19.3. The van der Waals surface area contributed by atoms with Crippen LogP contribution in [0.5, 0.6) is 0 Å². The monoisotopic (exact) mass is 466 g/mol. The van der Waals surface area contributed by atoms with Crippen molar-refractivity contribution in [2.75, 3.05) is 6.61 Å². The molecule has 0 aromatic heterocycles. The van der Waals surface area contributed by atoms with Crippen molar-refractivity contribution in [3.05, 3.63) is 39.5 Å². The first-order valence-electron chi connectivity index (χ1n) is 10.6. The molecule has 0 saturated heterocycles. The molecule has 2 nitrogen and oxygen atoms in total. The van der Waals surface area contributed by atoms with Gasteiger partial charge < -0.3 is 0 Å². The van der Waals surface area contributed by atoms with Gasteiger partial charge in [0.1, 0.15) is 0 Å². The first-order valence-corrected chi connectivity index (χ1v) is 18.1. The molecule has 0 aliphatic heterocycles. The summed E-state index contributed by atoms with van der Waals surface area (Å²) in [6.07, 6.45) is 9.54. The van der Waals surface area contributed by atoms with E-state index in [4.69, 9.17) is 4.74 Å². The molecule has 0 unspecified atom stereocenters. The van der Waals surface area contributed by atoms with Gasteiger partial charge >= 0.3 is 166 Å². The summed E-state index contributed by atoms with van der Waals surface area (Å²) in [6.45, 7) is 9.17. The Balaban J connectivity index is 3.39. The molecule has 146 valence electrons. The Hall–Kier alpha value is -0.771. The molecular weight excluding hydrogens is 427 g/mol. The number of benzene rings is 1. The second kappa shape index (κ2) is 13.4. The van der Waals surface area contributed by atoms with Crippen molar-refractivity contribution in [1.82, 2.24) is 0 Å². The Morgan fingerprint density at radius 1 is 0.885 bits per heavy atom. The van der Waals surface area contributed by atoms with Crippen LogP contribution in [0.25, 0.3) is 6.08 Å². The average Bonchev–Trinajstić information content (AvgIpc) is 2.67. The molecule has 0 aliphatic rings. The fourth-order valence-corrected chi connectivity index (χ4v) is 19.7. The molecule has 0 aliphatic carbocycles. The quantitative estimate of drug-likeness (QED) is 0.178. The van der Waals surface area contributed by atoms with Crippen molar-refractivity contribution in [1.29, 1.82) is 0 Å². The molecule has 1 rings (SSSR count). The van der Waals surface area contributed by atoms with Crippen molar-refractivity contribution in [2.45, 2.75) is 79.5 Å². The molecule has 1 aromatic carbocycles. The normalized spacial score (nSPS) is 12.2. The van der Waals surface area contributed by atoms with Crippen molar-refractivity contribution in [3.8, 4) is 0 Å². The summed E-state index contributed by atoms with van der Waals surface area (Å²) in [4.78, 5) is 13.0. The Morgan fingerprint density at radius 2 is 1.38 bits per heavy atom. The number of hydrogen-bond acceptors (Lipinski definition) is 2. The van der Waals surface area contributed by atoms with E-state index in [-0.39, 0.29) is 5.97 Å². The number of rotatable bonds is 13. The fourth-order valence-electron chi connectivity index (χ4n) is 3.68. The summed E-state index contributed by atoms with van der Waals surface area (Å²) >= 11 is -2.82. The van der Waals surface area contributed by atoms with Gasteiger partial charge in [-0.25, -0.2) is 0 Å². The molecule has 1 aromatic rings. The van der Waals surface area contributed by atoms with Gasteiger partial charge in [-0.15, -0.1) is 0 Å². The molecule has 0 N–H and O–H groups in total. The molecule has 0 spiro atoms. The van der Waals surface area contributed by atoms with Crippen LogP contribution in [0, 0.1) is 0 Å². The van der Waals surface area contributed by atoms with Crippen LogP contribution in [0.4, 0.5) is 0 Å². The van der Waals surface area contributed by atoms with Crippen molar-refractivity contribution in [2.24, 2.45) is 0 Å². The molecule has 0 atom stereocenters. The number of ether oxygens (including phenoxy) is 1. The molecule has 3 heteroatoms. The Bertz CT molecular complexity index is 515. The van der Waals surface area contributed by atoms with E-state index < -0.39 is 18.4 Å². The maximum atomic E-state index is 13.0. The van der Waals surface area contributed by atoms with Gasteiger partial charge in [0, 0.05) is 0 Å². The third kappa shape index (κ3) is 7.46. The SMILES string of the molecule is CCC[CH2][Sn]([CH2]CCC)([CH2]CCC)/[C](=C/c1ccccc1)C(=O)OCC. The summed E-state index contributed by atoms with van der Waals surface area (Å²) in [5, 5.41) is 0. The average molecular weight is 465 g/mol. The van der Waals surface area contributed by atoms with Crippen LogP contribution in [0.3, 0.4) is 0 Å². The molecular formula is C23H38O2Sn.